The van der Waals surface area contributed by atoms with Crippen molar-refractivity contribution in [3.63, 3.8) is 0 Å². The Hall–Kier alpha value is 0. The normalized spacial score (nSPS) is 29.4. The fourth-order valence-electron chi connectivity index (χ4n) is 2.95. The van der Waals surface area contributed by atoms with Crippen LogP contribution in [0.2, 0.25) is 0 Å². The van der Waals surface area contributed by atoms with Crippen molar-refractivity contribution < 1.29 is 0 Å². The van der Waals surface area contributed by atoms with Gasteiger partial charge in [0.15, 0.2) is 0 Å². The molecule has 0 spiro atoms. The lowest BCUT2D eigenvalue weighted by atomic mass is 9.87. The van der Waals surface area contributed by atoms with Gasteiger partial charge in [0, 0.05) is 0 Å². The van der Waals surface area contributed by atoms with Gasteiger partial charge in [-0.2, -0.15) is 0 Å². The first kappa shape index (κ1) is 12.1. The second kappa shape index (κ2) is 6.48. The standard InChI is InChI=1S/C14H28/c1-4-6-7-8-12(3)14-10-9-13(5-2)11-14/h12-14H,4-11H2,1-3H3. The molecule has 0 saturated heterocycles. The van der Waals surface area contributed by atoms with Crippen LogP contribution in [0.3, 0.4) is 0 Å². The zero-order chi connectivity index (χ0) is 10.4. The van der Waals surface area contributed by atoms with Crippen LogP contribution in [-0.2, 0) is 0 Å². The average Bonchev–Trinajstić information content (AvgIpc) is 2.66. The van der Waals surface area contributed by atoms with Crippen molar-refractivity contribution >= 4 is 0 Å². The predicted molar refractivity (Wildman–Crippen MR) is 64.4 cm³/mol. The van der Waals surface area contributed by atoms with E-state index in [0.29, 0.717) is 0 Å². The lowest BCUT2D eigenvalue weighted by Gasteiger charge is -2.19. The molecule has 1 saturated carbocycles. The topological polar surface area (TPSA) is 0 Å². The minimum Gasteiger partial charge on any atom is -0.0654 e. The molecule has 0 amide bonds. The molecule has 0 radical (unpaired) electrons. The Bertz CT molecular complexity index is 139. The lowest BCUT2D eigenvalue weighted by molar-refractivity contribution is 0.323. The summed E-state index contributed by atoms with van der Waals surface area (Å²) in [5.74, 6) is 3.13. The van der Waals surface area contributed by atoms with E-state index in [1.807, 2.05) is 0 Å². The highest BCUT2D eigenvalue weighted by molar-refractivity contribution is 4.78. The summed E-state index contributed by atoms with van der Waals surface area (Å²) in [6.07, 6.45) is 11.7. The molecule has 0 aliphatic heterocycles. The van der Waals surface area contributed by atoms with Gasteiger partial charge in [-0.1, -0.05) is 59.3 Å². The van der Waals surface area contributed by atoms with Crippen molar-refractivity contribution in [2.45, 2.75) is 72.1 Å². The van der Waals surface area contributed by atoms with E-state index in [9.17, 15) is 0 Å². The highest BCUT2D eigenvalue weighted by Crippen LogP contribution is 2.38. The second-order valence-electron chi connectivity index (χ2n) is 5.32. The highest BCUT2D eigenvalue weighted by Gasteiger charge is 2.26. The maximum atomic E-state index is 2.48. The Kier molecular flexibility index (Phi) is 5.59. The van der Waals surface area contributed by atoms with Gasteiger partial charge in [-0.3, -0.25) is 0 Å². The molecule has 0 aromatic heterocycles. The van der Waals surface area contributed by atoms with E-state index in [1.54, 1.807) is 0 Å². The molecule has 14 heavy (non-hydrogen) atoms. The summed E-state index contributed by atoms with van der Waals surface area (Å²) in [6, 6.07) is 0. The molecule has 1 rings (SSSR count). The van der Waals surface area contributed by atoms with Crippen LogP contribution >= 0.6 is 0 Å². The molecule has 0 N–H and O–H groups in total. The van der Waals surface area contributed by atoms with Gasteiger partial charge in [-0.15, -0.1) is 0 Å². The van der Waals surface area contributed by atoms with Crippen LogP contribution in [0.4, 0.5) is 0 Å². The van der Waals surface area contributed by atoms with E-state index < -0.39 is 0 Å². The summed E-state index contributed by atoms with van der Waals surface area (Å²) < 4.78 is 0. The first-order valence-corrected chi connectivity index (χ1v) is 6.77. The smallest absolute Gasteiger partial charge is 0.0386 e. The van der Waals surface area contributed by atoms with Gasteiger partial charge < -0.3 is 0 Å². The third-order valence-electron chi connectivity index (χ3n) is 4.23. The molecule has 1 fully saturated rings. The van der Waals surface area contributed by atoms with Crippen LogP contribution in [0.25, 0.3) is 0 Å². The quantitative estimate of drug-likeness (QED) is 0.523. The number of rotatable bonds is 6. The second-order valence-corrected chi connectivity index (χ2v) is 5.32. The van der Waals surface area contributed by atoms with Crippen molar-refractivity contribution in [1.29, 1.82) is 0 Å². The molecule has 0 bridgehead atoms. The molecule has 3 unspecified atom stereocenters. The SMILES string of the molecule is CCCCCC(C)C1CCC(CC)C1. The van der Waals surface area contributed by atoms with Gasteiger partial charge in [0.2, 0.25) is 0 Å². The third kappa shape index (κ3) is 3.63. The molecular weight excluding hydrogens is 168 g/mol. The van der Waals surface area contributed by atoms with Crippen LogP contribution in [-0.4, -0.2) is 0 Å². The van der Waals surface area contributed by atoms with Crippen LogP contribution < -0.4 is 0 Å². The number of hydrogen-bond donors (Lipinski definition) is 0. The van der Waals surface area contributed by atoms with Crippen molar-refractivity contribution in [1.82, 2.24) is 0 Å². The lowest BCUT2D eigenvalue weighted by Crippen LogP contribution is -2.08. The Morgan fingerprint density at radius 3 is 2.50 bits per heavy atom. The van der Waals surface area contributed by atoms with Gasteiger partial charge in [0.25, 0.3) is 0 Å². The molecule has 0 heteroatoms. The van der Waals surface area contributed by atoms with Gasteiger partial charge >= 0.3 is 0 Å². The molecule has 84 valence electrons. The Morgan fingerprint density at radius 2 is 1.93 bits per heavy atom. The minimum absolute atomic E-state index is 0.998. The third-order valence-corrected chi connectivity index (χ3v) is 4.23. The van der Waals surface area contributed by atoms with E-state index in [2.05, 4.69) is 20.8 Å². The fourth-order valence-corrected chi connectivity index (χ4v) is 2.95. The summed E-state index contributed by atoms with van der Waals surface area (Å²) >= 11 is 0. The predicted octanol–water partition coefficient (Wildman–Crippen LogP) is 5.03. The van der Waals surface area contributed by atoms with E-state index in [-0.39, 0.29) is 0 Å². The van der Waals surface area contributed by atoms with E-state index in [1.165, 1.54) is 51.4 Å². The zero-order valence-electron chi connectivity index (χ0n) is 10.4. The molecule has 0 aromatic carbocycles. The molecule has 3 atom stereocenters. The monoisotopic (exact) mass is 196 g/mol. The van der Waals surface area contributed by atoms with Crippen molar-refractivity contribution in [3.8, 4) is 0 Å². The Balaban J connectivity index is 2.15. The van der Waals surface area contributed by atoms with Crippen molar-refractivity contribution in [2.75, 3.05) is 0 Å². The summed E-state index contributed by atoms with van der Waals surface area (Å²) in [5, 5.41) is 0. The molecule has 1 aliphatic rings. The van der Waals surface area contributed by atoms with E-state index in [4.69, 9.17) is 0 Å². The summed E-state index contributed by atoms with van der Waals surface area (Å²) in [5.41, 5.74) is 0. The summed E-state index contributed by atoms with van der Waals surface area (Å²) in [4.78, 5) is 0. The maximum Gasteiger partial charge on any atom is -0.0386 e. The van der Waals surface area contributed by atoms with Crippen molar-refractivity contribution in [3.05, 3.63) is 0 Å². The summed E-state index contributed by atoms with van der Waals surface area (Å²) in [6.45, 7) is 7.14. The van der Waals surface area contributed by atoms with E-state index >= 15 is 0 Å². The van der Waals surface area contributed by atoms with Crippen molar-refractivity contribution in [2.24, 2.45) is 17.8 Å². The van der Waals surface area contributed by atoms with Crippen LogP contribution in [0, 0.1) is 17.8 Å². The fraction of sp³-hybridized carbons (Fsp3) is 1.00. The van der Waals surface area contributed by atoms with Gasteiger partial charge in [-0.05, 0) is 30.6 Å². The Labute approximate surface area is 90.5 Å². The Morgan fingerprint density at radius 1 is 1.14 bits per heavy atom. The summed E-state index contributed by atoms with van der Waals surface area (Å²) in [7, 11) is 0. The zero-order valence-corrected chi connectivity index (χ0v) is 10.4. The molecule has 0 heterocycles. The maximum absolute atomic E-state index is 2.48. The van der Waals surface area contributed by atoms with Gasteiger partial charge in [-0.25, -0.2) is 0 Å². The minimum atomic E-state index is 0.998. The van der Waals surface area contributed by atoms with Crippen LogP contribution in [0.1, 0.15) is 72.1 Å². The van der Waals surface area contributed by atoms with Gasteiger partial charge in [0.1, 0.15) is 0 Å². The molecule has 0 nitrogen and oxygen atoms in total. The van der Waals surface area contributed by atoms with Gasteiger partial charge in [0.05, 0.1) is 0 Å². The average molecular weight is 196 g/mol. The van der Waals surface area contributed by atoms with E-state index in [0.717, 1.165) is 17.8 Å². The largest absolute Gasteiger partial charge is 0.0654 e. The highest BCUT2D eigenvalue weighted by atomic mass is 14.3. The molecular formula is C14H28. The molecule has 1 aliphatic carbocycles. The molecule has 0 aromatic rings. The van der Waals surface area contributed by atoms with Crippen LogP contribution in [0.5, 0.6) is 0 Å². The first-order valence-electron chi connectivity index (χ1n) is 6.77. The van der Waals surface area contributed by atoms with Crippen LogP contribution in [0.15, 0.2) is 0 Å². The number of hydrogen-bond acceptors (Lipinski definition) is 0. The first-order chi connectivity index (χ1) is 6.77. The number of unbranched alkanes of at least 4 members (excludes halogenated alkanes) is 2.